The van der Waals surface area contributed by atoms with Gasteiger partial charge in [-0.3, -0.25) is 9.59 Å². The van der Waals surface area contributed by atoms with E-state index in [2.05, 4.69) is 21.8 Å². The van der Waals surface area contributed by atoms with Crippen molar-refractivity contribution in [3.05, 3.63) is 35.3 Å². The molecule has 0 radical (unpaired) electrons. The first kappa shape index (κ1) is 26.2. The van der Waals surface area contributed by atoms with Gasteiger partial charge in [-0.1, -0.05) is 19.4 Å². The summed E-state index contributed by atoms with van der Waals surface area (Å²) in [5, 5.41) is 0. The molecule has 2 fully saturated rings. The third-order valence-electron chi connectivity index (χ3n) is 6.99. The molecule has 196 valence electrons. The zero-order valence-corrected chi connectivity index (χ0v) is 20.6. The molecular weight excluding hydrogens is 473 g/mol. The van der Waals surface area contributed by atoms with Crippen molar-refractivity contribution in [2.45, 2.75) is 70.9 Å². The van der Waals surface area contributed by atoms with E-state index < -0.39 is 23.4 Å². The van der Waals surface area contributed by atoms with Crippen molar-refractivity contribution in [3.8, 4) is 0 Å². The number of carbonyl (C=O) groups is 2. The van der Waals surface area contributed by atoms with Gasteiger partial charge >= 0.3 is 6.18 Å². The molecule has 2 aromatic rings. The highest BCUT2D eigenvalue weighted by Gasteiger charge is 2.41. The fourth-order valence-corrected chi connectivity index (χ4v) is 4.87. The predicted molar refractivity (Wildman–Crippen MR) is 129 cm³/mol. The molecule has 0 aliphatic carbocycles. The molecule has 0 aromatic carbocycles. The van der Waals surface area contributed by atoms with E-state index in [1.54, 1.807) is 17.0 Å². The number of anilines is 2. The number of rotatable bonds is 9. The molecule has 7 nitrogen and oxygen atoms in total. The van der Waals surface area contributed by atoms with Crippen LogP contribution < -0.4 is 9.80 Å². The number of carbonyl (C=O) groups excluding carboxylic acids is 2. The van der Waals surface area contributed by atoms with Gasteiger partial charge in [0.2, 0.25) is 11.5 Å². The molecule has 10 heteroatoms. The smallest absolute Gasteiger partial charge is 0.420 e. The highest BCUT2D eigenvalue weighted by molar-refractivity contribution is 5.96. The average Bonchev–Trinajstić information content (AvgIpc) is 3.35. The number of aromatic nitrogens is 2. The second-order valence-corrected chi connectivity index (χ2v) is 9.68. The summed E-state index contributed by atoms with van der Waals surface area (Å²) in [5.74, 6) is -0.355. The van der Waals surface area contributed by atoms with Crippen LogP contribution in [0.5, 0.6) is 0 Å². The molecule has 0 amide bonds. The Kier molecular flexibility index (Phi) is 8.31. The van der Waals surface area contributed by atoms with E-state index in [-0.39, 0.29) is 18.4 Å². The van der Waals surface area contributed by atoms with Crippen LogP contribution in [0.4, 0.5) is 25.0 Å². The van der Waals surface area contributed by atoms with E-state index >= 15 is 0 Å². The van der Waals surface area contributed by atoms with Crippen LogP contribution >= 0.6 is 0 Å². The SMILES string of the molecule is CCCCC(=O)C1CCN(c2ccc(CC(=O)c3oc(N4CCCCC4)nc3C(F)(F)F)cn2)CC1. The minimum atomic E-state index is -4.78. The number of hydrogen-bond acceptors (Lipinski definition) is 7. The first-order valence-corrected chi connectivity index (χ1v) is 12.8. The molecule has 2 aliphatic heterocycles. The lowest BCUT2D eigenvalue weighted by atomic mass is 9.90. The number of piperidine rings is 2. The Bertz CT molecular complexity index is 1040. The van der Waals surface area contributed by atoms with Crippen molar-refractivity contribution in [1.82, 2.24) is 9.97 Å². The third kappa shape index (κ3) is 6.25. The molecule has 36 heavy (non-hydrogen) atoms. The molecule has 4 heterocycles. The summed E-state index contributed by atoms with van der Waals surface area (Å²) in [6.45, 7) is 4.63. The zero-order valence-electron chi connectivity index (χ0n) is 20.6. The van der Waals surface area contributed by atoms with Crippen LogP contribution in [0.25, 0.3) is 0 Å². The summed E-state index contributed by atoms with van der Waals surface area (Å²) in [7, 11) is 0. The maximum atomic E-state index is 13.6. The molecular formula is C26H33F3N4O3. The van der Waals surface area contributed by atoms with Gasteiger partial charge in [-0.15, -0.1) is 0 Å². The van der Waals surface area contributed by atoms with Crippen molar-refractivity contribution in [2.24, 2.45) is 5.92 Å². The quantitative estimate of drug-likeness (QED) is 0.417. The molecule has 0 bridgehead atoms. The van der Waals surface area contributed by atoms with Crippen molar-refractivity contribution in [3.63, 3.8) is 0 Å². The number of ketones is 2. The Morgan fingerprint density at radius 3 is 2.39 bits per heavy atom. The van der Waals surface area contributed by atoms with E-state index in [0.29, 0.717) is 30.9 Å². The zero-order chi connectivity index (χ0) is 25.7. The Balaban J connectivity index is 1.39. The third-order valence-corrected chi connectivity index (χ3v) is 6.99. The number of oxazole rings is 1. The van der Waals surface area contributed by atoms with Crippen LogP contribution in [0, 0.1) is 5.92 Å². The largest absolute Gasteiger partial charge is 0.437 e. The van der Waals surface area contributed by atoms with Crippen LogP contribution in [0.1, 0.15) is 80.1 Å². The van der Waals surface area contributed by atoms with Crippen LogP contribution in [-0.2, 0) is 17.4 Å². The van der Waals surface area contributed by atoms with Gasteiger partial charge in [0.25, 0.3) is 6.01 Å². The van der Waals surface area contributed by atoms with E-state index in [4.69, 9.17) is 4.42 Å². The summed E-state index contributed by atoms with van der Waals surface area (Å²) in [6.07, 6.45) is 3.32. The van der Waals surface area contributed by atoms with Crippen molar-refractivity contribution >= 4 is 23.4 Å². The maximum absolute atomic E-state index is 13.6. The van der Waals surface area contributed by atoms with E-state index in [9.17, 15) is 22.8 Å². The lowest BCUT2D eigenvalue weighted by Gasteiger charge is -2.32. The second-order valence-electron chi connectivity index (χ2n) is 9.68. The average molecular weight is 507 g/mol. The fraction of sp³-hybridized carbons (Fsp3) is 0.615. The van der Waals surface area contributed by atoms with Gasteiger partial charge in [-0.2, -0.15) is 18.2 Å². The Hall–Kier alpha value is -2.91. The van der Waals surface area contributed by atoms with Crippen LogP contribution in [-0.4, -0.2) is 47.7 Å². The Morgan fingerprint density at radius 1 is 1.06 bits per heavy atom. The van der Waals surface area contributed by atoms with Gasteiger partial charge in [0.05, 0.1) is 0 Å². The van der Waals surface area contributed by atoms with E-state index in [1.165, 1.54) is 6.20 Å². The molecule has 2 saturated heterocycles. The van der Waals surface area contributed by atoms with Crippen molar-refractivity contribution in [1.29, 1.82) is 0 Å². The number of Topliss-reactive ketones (excluding diaryl/α,β-unsaturated/α-hetero) is 2. The standard InChI is InChI=1S/C26H33F3N4O3/c1-2-3-7-20(34)19-10-14-32(15-11-19)22-9-8-18(17-30-22)16-21(35)23-24(26(27,28)29)31-25(36-23)33-12-5-4-6-13-33/h8-9,17,19H,2-7,10-16H2,1H3. The van der Waals surface area contributed by atoms with Gasteiger partial charge in [0.1, 0.15) is 11.6 Å². The molecule has 0 unspecified atom stereocenters. The van der Waals surface area contributed by atoms with Gasteiger partial charge in [0.15, 0.2) is 5.69 Å². The van der Waals surface area contributed by atoms with E-state index in [0.717, 1.165) is 63.9 Å². The van der Waals surface area contributed by atoms with Gasteiger partial charge < -0.3 is 14.2 Å². The number of nitrogens with zero attached hydrogens (tertiary/aromatic N) is 4. The number of alkyl halides is 3. The topological polar surface area (TPSA) is 79.5 Å². The Labute approximate surface area is 209 Å². The van der Waals surface area contributed by atoms with Gasteiger partial charge in [-0.05, 0) is 50.2 Å². The molecule has 4 rings (SSSR count). The molecule has 0 N–H and O–H groups in total. The maximum Gasteiger partial charge on any atom is 0.437 e. The molecule has 2 aromatic heterocycles. The first-order valence-electron chi connectivity index (χ1n) is 12.8. The van der Waals surface area contributed by atoms with Crippen LogP contribution in [0.15, 0.2) is 22.7 Å². The lowest BCUT2D eigenvalue weighted by molar-refractivity contribution is -0.141. The van der Waals surface area contributed by atoms with Gasteiger partial charge in [0, 0.05) is 51.1 Å². The van der Waals surface area contributed by atoms with Crippen molar-refractivity contribution in [2.75, 3.05) is 36.0 Å². The summed E-state index contributed by atoms with van der Waals surface area (Å²) in [6, 6.07) is 3.33. The minimum Gasteiger partial charge on any atom is -0.420 e. The molecule has 0 atom stereocenters. The lowest BCUT2D eigenvalue weighted by Crippen LogP contribution is -2.36. The summed E-state index contributed by atoms with van der Waals surface area (Å²) >= 11 is 0. The molecule has 0 spiro atoms. The summed E-state index contributed by atoms with van der Waals surface area (Å²) in [5.41, 5.74) is -0.772. The second kappa shape index (κ2) is 11.4. The van der Waals surface area contributed by atoms with Crippen molar-refractivity contribution < 1.29 is 27.2 Å². The number of hydrogen-bond donors (Lipinski definition) is 0. The van der Waals surface area contributed by atoms with Crippen LogP contribution in [0.2, 0.25) is 0 Å². The Morgan fingerprint density at radius 2 is 1.78 bits per heavy atom. The number of unbranched alkanes of at least 4 members (excludes halogenated alkanes) is 1. The van der Waals surface area contributed by atoms with Crippen LogP contribution in [0.3, 0.4) is 0 Å². The number of halogens is 3. The summed E-state index contributed by atoms with van der Waals surface area (Å²) < 4.78 is 46.2. The van der Waals surface area contributed by atoms with E-state index in [1.807, 2.05) is 0 Å². The summed E-state index contributed by atoms with van der Waals surface area (Å²) in [4.78, 5) is 36.9. The number of pyridine rings is 1. The highest BCUT2D eigenvalue weighted by atomic mass is 19.4. The molecule has 2 aliphatic rings. The monoisotopic (exact) mass is 506 g/mol. The molecule has 0 saturated carbocycles. The van der Waals surface area contributed by atoms with Gasteiger partial charge in [-0.25, -0.2) is 4.98 Å². The fourth-order valence-electron chi connectivity index (χ4n) is 4.87. The normalized spacial score (nSPS) is 17.4. The predicted octanol–water partition coefficient (Wildman–Crippen LogP) is 5.48. The highest BCUT2D eigenvalue weighted by Crippen LogP contribution is 2.35. The minimum absolute atomic E-state index is 0.101. The first-order chi connectivity index (χ1) is 17.3.